The molecule has 0 saturated carbocycles. The minimum Gasteiger partial charge on any atom is -0.492 e. The molecule has 0 radical (unpaired) electrons. The highest BCUT2D eigenvalue weighted by Crippen LogP contribution is 2.25. The van der Waals surface area contributed by atoms with Crippen molar-refractivity contribution in [3.8, 4) is 5.75 Å². The van der Waals surface area contributed by atoms with Crippen molar-refractivity contribution in [3.63, 3.8) is 0 Å². The number of hydrogen-bond donors (Lipinski definition) is 1. The Morgan fingerprint density at radius 1 is 1.50 bits per heavy atom. The summed E-state index contributed by atoms with van der Waals surface area (Å²) >= 11 is 0. The zero-order chi connectivity index (χ0) is 9.97. The van der Waals surface area contributed by atoms with E-state index in [1.165, 1.54) is 6.21 Å². The fourth-order valence-corrected chi connectivity index (χ4v) is 1.44. The Labute approximate surface area is 80.8 Å². The van der Waals surface area contributed by atoms with Crippen molar-refractivity contribution in [1.29, 1.82) is 0 Å². The molecule has 1 heterocycles. The molecule has 4 heteroatoms. The summed E-state index contributed by atoms with van der Waals surface area (Å²) in [6.07, 6.45) is 1.19. The molecule has 1 atom stereocenters. The number of ether oxygens (including phenoxy) is 1. The van der Waals surface area contributed by atoms with Gasteiger partial charge in [0.25, 0.3) is 0 Å². The summed E-state index contributed by atoms with van der Waals surface area (Å²) in [6.45, 7) is 0.236. The van der Waals surface area contributed by atoms with Gasteiger partial charge in [0, 0.05) is 0 Å². The Morgan fingerprint density at radius 2 is 2.29 bits per heavy atom. The molecule has 1 aromatic rings. The minimum atomic E-state index is -0.477. The van der Waals surface area contributed by atoms with Crippen LogP contribution in [0.25, 0.3) is 0 Å². The van der Waals surface area contributed by atoms with E-state index >= 15 is 0 Å². The number of nitrogens with zero attached hydrogens (tertiary/aromatic N) is 1. The molecule has 0 fully saturated rings. The fourth-order valence-electron chi connectivity index (χ4n) is 1.44. The smallest absolute Gasteiger partial charge is 0.178 e. The molecule has 0 aliphatic carbocycles. The van der Waals surface area contributed by atoms with Crippen LogP contribution in [-0.2, 0) is 0 Å². The second-order valence-electron chi connectivity index (χ2n) is 3.04. The number of oxime groups is 1. The maximum absolute atomic E-state index is 11.7. The third kappa shape index (κ3) is 1.35. The van der Waals surface area contributed by atoms with E-state index in [0.717, 1.165) is 0 Å². The topological polar surface area (TPSA) is 58.9 Å². The second-order valence-corrected chi connectivity index (χ2v) is 3.04. The van der Waals surface area contributed by atoms with Crippen LogP contribution in [0, 0.1) is 5.92 Å². The zero-order valence-electron chi connectivity index (χ0n) is 7.38. The molecule has 72 valence electrons. The normalized spacial score (nSPS) is 20.6. The van der Waals surface area contributed by atoms with Gasteiger partial charge in [-0.15, -0.1) is 5.16 Å². The molecular weight excluding hydrogens is 182 g/mol. The minimum absolute atomic E-state index is 0.0651. The Bertz CT molecular complexity index is 387. The summed E-state index contributed by atoms with van der Waals surface area (Å²) in [5.41, 5.74) is 0.545. The van der Waals surface area contributed by atoms with Gasteiger partial charge in [-0.3, -0.25) is 4.79 Å². The van der Waals surface area contributed by atoms with Crippen LogP contribution in [-0.4, -0.2) is 23.8 Å². The molecule has 0 spiro atoms. The van der Waals surface area contributed by atoms with E-state index in [1.807, 2.05) is 6.07 Å². The van der Waals surface area contributed by atoms with E-state index in [2.05, 4.69) is 5.16 Å². The van der Waals surface area contributed by atoms with Gasteiger partial charge in [0.2, 0.25) is 0 Å². The van der Waals surface area contributed by atoms with Crippen molar-refractivity contribution >= 4 is 12.0 Å². The summed E-state index contributed by atoms with van der Waals surface area (Å²) < 4.78 is 5.34. The predicted octanol–water partition coefficient (Wildman–Crippen LogP) is 1.34. The molecule has 0 unspecified atom stereocenters. The number of ketones is 1. The van der Waals surface area contributed by atoms with Gasteiger partial charge < -0.3 is 9.94 Å². The number of benzene rings is 1. The first-order chi connectivity index (χ1) is 6.83. The first-order valence-corrected chi connectivity index (χ1v) is 4.26. The maximum Gasteiger partial charge on any atom is 0.178 e. The van der Waals surface area contributed by atoms with Gasteiger partial charge in [0.1, 0.15) is 12.4 Å². The standard InChI is InChI=1S/C10H9NO3/c12-10-7(5-11-13)6-14-9-4-2-1-3-8(9)10/h1-5,7,13H,6H2/b11-5+/t7-/m1/s1. The van der Waals surface area contributed by atoms with E-state index in [4.69, 9.17) is 9.94 Å². The van der Waals surface area contributed by atoms with Crippen molar-refractivity contribution in [3.05, 3.63) is 29.8 Å². The third-order valence-corrected chi connectivity index (χ3v) is 2.15. The Morgan fingerprint density at radius 3 is 3.07 bits per heavy atom. The number of Topliss-reactive ketones (excluding diaryl/α,β-unsaturated/α-hetero) is 1. The largest absolute Gasteiger partial charge is 0.492 e. The van der Waals surface area contributed by atoms with Gasteiger partial charge in [-0.2, -0.15) is 0 Å². The van der Waals surface area contributed by atoms with Crippen LogP contribution in [0.1, 0.15) is 10.4 Å². The van der Waals surface area contributed by atoms with Crippen LogP contribution >= 0.6 is 0 Å². The molecule has 0 amide bonds. The predicted molar refractivity (Wildman–Crippen MR) is 50.0 cm³/mol. The molecule has 0 aromatic heterocycles. The first kappa shape index (κ1) is 8.74. The number of rotatable bonds is 1. The Kier molecular flexibility index (Phi) is 2.18. The summed E-state index contributed by atoms with van der Waals surface area (Å²) in [5.74, 6) is 0.0552. The molecule has 1 N–H and O–H groups in total. The van der Waals surface area contributed by atoms with Crippen LogP contribution in [0.2, 0.25) is 0 Å². The lowest BCUT2D eigenvalue weighted by Crippen LogP contribution is -2.28. The molecule has 1 aromatic carbocycles. The fraction of sp³-hybridized carbons (Fsp3) is 0.200. The molecule has 2 rings (SSSR count). The van der Waals surface area contributed by atoms with Crippen molar-refractivity contribution < 1.29 is 14.7 Å². The van der Waals surface area contributed by atoms with E-state index in [0.29, 0.717) is 11.3 Å². The lowest BCUT2D eigenvalue weighted by atomic mass is 9.96. The van der Waals surface area contributed by atoms with Crippen molar-refractivity contribution in [1.82, 2.24) is 0 Å². The molecule has 0 bridgehead atoms. The van der Waals surface area contributed by atoms with E-state index in [1.54, 1.807) is 18.2 Å². The monoisotopic (exact) mass is 191 g/mol. The van der Waals surface area contributed by atoms with Gasteiger partial charge in [0.15, 0.2) is 5.78 Å². The van der Waals surface area contributed by atoms with Gasteiger partial charge in [-0.05, 0) is 12.1 Å². The third-order valence-electron chi connectivity index (χ3n) is 2.15. The van der Waals surface area contributed by atoms with Crippen LogP contribution in [0.4, 0.5) is 0 Å². The van der Waals surface area contributed by atoms with E-state index < -0.39 is 5.92 Å². The summed E-state index contributed by atoms with van der Waals surface area (Å²) in [7, 11) is 0. The van der Waals surface area contributed by atoms with Crippen molar-refractivity contribution in [2.75, 3.05) is 6.61 Å². The highest BCUT2D eigenvalue weighted by molar-refractivity contribution is 6.08. The number of para-hydroxylation sites is 1. The molecule has 0 saturated heterocycles. The second kappa shape index (κ2) is 3.49. The number of hydrogen-bond acceptors (Lipinski definition) is 4. The maximum atomic E-state index is 11.7. The van der Waals surface area contributed by atoms with E-state index in [9.17, 15) is 4.79 Å². The summed E-state index contributed by atoms with van der Waals surface area (Å²) in [4.78, 5) is 11.7. The molecule has 4 nitrogen and oxygen atoms in total. The lowest BCUT2D eigenvalue weighted by molar-refractivity contribution is 0.0889. The molecular formula is C10H9NO3. The average molecular weight is 191 g/mol. The lowest BCUT2D eigenvalue weighted by Gasteiger charge is -2.20. The van der Waals surface area contributed by atoms with Crippen LogP contribution in [0.5, 0.6) is 5.75 Å². The average Bonchev–Trinajstić information content (AvgIpc) is 2.23. The number of fused-ring (bicyclic) bond motifs is 1. The van der Waals surface area contributed by atoms with E-state index in [-0.39, 0.29) is 12.4 Å². The highest BCUT2D eigenvalue weighted by Gasteiger charge is 2.27. The van der Waals surface area contributed by atoms with Gasteiger partial charge >= 0.3 is 0 Å². The number of carbonyl (C=O) groups is 1. The molecule has 1 aliphatic heterocycles. The zero-order valence-corrected chi connectivity index (χ0v) is 7.38. The summed E-state index contributed by atoms with van der Waals surface area (Å²) in [6, 6.07) is 7.04. The SMILES string of the molecule is O=C1c2ccccc2OC[C@H]1/C=N/O. The van der Waals surface area contributed by atoms with Crippen LogP contribution in [0.15, 0.2) is 29.4 Å². The number of carbonyl (C=O) groups excluding carboxylic acids is 1. The van der Waals surface area contributed by atoms with Crippen molar-refractivity contribution in [2.45, 2.75) is 0 Å². The van der Waals surface area contributed by atoms with Crippen LogP contribution in [0.3, 0.4) is 0 Å². The molecule has 14 heavy (non-hydrogen) atoms. The first-order valence-electron chi connectivity index (χ1n) is 4.26. The Balaban J connectivity index is 2.36. The van der Waals surface area contributed by atoms with Gasteiger partial charge in [-0.25, -0.2) is 0 Å². The van der Waals surface area contributed by atoms with Gasteiger partial charge in [-0.1, -0.05) is 12.1 Å². The van der Waals surface area contributed by atoms with Crippen LogP contribution < -0.4 is 4.74 Å². The van der Waals surface area contributed by atoms with Crippen molar-refractivity contribution in [2.24, 2.45) is 11.1 Å². The Hall–Kier alpha value is -1.84. The highest BCUT2D eigenvalue weighted by atomic mass is 16.5. The molecule has 1 aliphatic rings. The summed E-state index contributed by atoms with van der Waals surface area (Å²) in [5, 5.41) is 11.2. The van der Waals surface area contributed by atoms with Gasteiger partial charge in [0.05, 0.1) is 17.7 Å². The quantitative estimate of drug-likeness (QED) is 0.414.